The van der Waals surface area contributed by atoms with Crippen LogP contribution in [0.3, 0.4) is 0 Å². The average Bonchev–Trinajstić information content (AvgIpc) is 3.37. The molecular formula is C24H19BrN4S. The van der Waals surface area contributed by atoms with Crippen molar-refractivity contribution in [2.75, 3.05) is 5.43 Å². The molecule has 0 atom stereocenters. The number of H-pyrrole nitrogens is 1. The van der Waals surface area contributed by atoms with Gasteiger partial charge in [0.05, 0.1) is 11.9 Å². The number of aromatic nitrogens is 2. The second kappa shape index (κ2) is 7.70. The van der Waals surface area contributed by atoms with E-state index in [4.69, 9.17) is 0 Å². The van der Waals surface area contributed by atoms with Crippen LogP contribution in [0.5, 0.6) is 0 Å². The zero-order chi connectivity index (χ0) is 20.7. The number of hydrogen-bond acceptors (Lipinski definition) is 4. The minimum absolute atomic E-state index is 0.775. The van der Waals surface area contributed by atoms with Gasteiger partial charge in [0.2, 0.25) is 5.13 Å². The van der Waals surface area contributed by atoms with Gasteiger partial charge < -0.3 is 4.98 Å². The van der Waals surface area contributed by atoms with Gasteiger partial charge >= 0.3 is 0 Å². The first-order chi connectivity index (χ1) is 14.6. The van der Waals surface area contributed by atoms with E-state index in [9.17, 15) is 0 Å². The normalized spacial score (nSPS) is 11.7. The molecule has 148 valence electrons. The van der Waals surface area contributed by atoms with E-state index in [0.29, 0.717) is 0 Å². The van der Waals surface area contributed by atoms with Crippen LogP contribution in [0, 0.1) is 13.8 Å². The van der Waals surface area contributed by atoms with Crippen LogP contribution in [0.25, 0.3) is 33.1 Å². The van der Waals surface area contributed by atoms with E-state index in [1.54, 1.807) is 11.3 Å². The van der Waals surface area contributed by atoms with E-state index in [1.165, 1.54) is 27.4 Å². The molecule has 0 saturated carbocycles. The maximum atomic E-state index is 4.63. The summed E-state index contributed by atoms with van der Waals surface area (Å²) in [6.07, 6.45) is 1.88. The van der Waals surface area contributed by atoms with Crippen molar-refractivity contribution in [3.63, 3.8) is 0 Å². The minimum atomic E-state index is 0.775. The molecule has 0 fully saturated rings. The molecule has 0 bridgehead atoms. The Morgan fingerprint density at radius 3 is 2.77 bits per heavy atom. The highest BCUT2D eigenvalue weighted by molar-refractivity contribution is 9.10. The molecule has 3 aromatic carbocycles. The van der Waals surface area contributed by atoms with E-state index < -0.39 is 0 Å². The molecule has 0 unspecified atom stereocenters. The summed E-state index contributed by atoms with van der Waals surface area (Å²) in [5, 5.41) is 9.74. The average molecular weight is 475 g/mol. The summed E-state index contributed by atoms with van der Waals surface area (Å²) in [4.78, 5) is 8.18. The van der Waals surface area contributed by atoms with E-state index in [2.05, 4.69) is 86.7 Å². The number of thiazole rings is 1. The topological polar surface area (TPSA) is 53.1 Å². The van der Waals surface area contributed by atoms with Gasteiger partial charge in [-0.25, -0.2) is 4.98 Å². The molecule has 4 nitrogen and oxygen atoms in total. The van der Waals surface area contributed by atoms with Crippen LogP contribution in [0.4, 0.5) is 5.13 Å². The Hall–Kier alpha value is -2.96. The predicted octanol–water partition coefficient (Wildman–Crippen LogP) is 7.27. The summed E-state index contributed by atoms with van der Waals surface area (Å²) in [5.74, 6) is 0. The van der Waals surface area contributed by atoms with Gasteiger partial charge in [-0.1, -0.05) is 46.3 Å². The number of fused-ring (bicyclic) bond motifs is 3. The quantitative estimate of drug-likeness (QED) is 0.212. The Morgan fingerprint density at radius 1 is 1.10 bits per heavy atom. The summed E-state index contributed by atoms with van der Waals surface area (Å²) in [7, 11) is 0. The number of rotatable bonds is 4. The van der Waals surface area contributed by atoms with Gasteiger partial charge in [-0.05, 0) is 54.8 Å². The Bertz CT molecular complexity index is 1400. The highest BCUT2D eigenvalue weighted by Crippen LogP contribution is 2.33. The molecule has 5 aromatic rings. The molecule has 0 amide bonds. The standard InChI is InChI=1S/C24H19BrN4S/c1-14-10-17(15(2)22-19-11-18(25)8-9-20(19)27-23(14)22)12-26-29-24-28-21(13-30-24)16-6-4-3-5-7-16/h3-13,27H,1-2H3,(H,28,29). The van der Waals surface area contributed by atoms with Gasteiger partial charge in [0.15, 0.2) is 0 Å². The number of benzene rings is 3. The second-order valence-corrected chi connectivity index (χ2v) is 9.02. The van der Waals surface area contributed by atoms with E-state index in [1.807, 2.05) is 29.8 Å². The van der Waals surface area contributed by atoms with Crippen molar-refractivity contribution >= 4 is 60.4 Å². The second-order valence-electron chi connectivity index (χ2n) is 7.25. The Labute approximate surface area is 186 Å². The highest BCUT2D eigenvalue weighted by Gasteiger charge is 2.12. The number of anilines is 1. The largest absolute Gasteiger partial charge is 0.354 e. The van der Waals surface area contributed by atoms with Crippen LogP contribution in [0.1, 0.15) is 16.7 Å². The van der Waals surface area contributed by atoms with Crippen molar-refractivity contribution in [1.82, 2.24) is 9.97 Å². The molecule has 2 aromatic heterocycles. The monoisotopic (exact) mass is 474 g/mol. The van der Waals surface area contributed by atoms with Crippen LogP contribution in [0.15, 0.2) is 69.6 Å². The molecule has 0 aliphatic heterocycles. The lowest BCUT2D eigenvalue weighted by molar-refractivity contribution is 1.28. The summed E-state index contributed by atoms with van der Waals surface area (Å²) >= 11 is 5.14. The van der Waals surface area contributed by atoms with Crippen molar-refractivity contribution < 1.29 is 0 Å². The van der Waals surface area contributed by atoms with Gasteiger partial charge in [-0.3, -0.25) is 5.43 Å². The molecule has 0 aliphatic rings. The number of aromatic amines is 1. The highest BCUT2D eigenvalue weighted by atomic mass is 79.9. The number of nitrogens with zero attached hydrogens (tertiary/aromatic N) is 2. The number of hydrazone groups is 1. The Balaban J connectivity index is 1.46. The third kappa shape index (κ3) is 3.42. The molecular weight excluding hydrogens is 456 g/mol. The zero-order valence-electron chi connectivity index (χ0n) is 16.5. The lowest BCUT2D eigenvalue weighted by Crippen LogP contribution is -1.94. The van der Waals surface area contributed by atoms with Crippen LogP contribution < -0.4 is 5.43 Å². The molecule has 30 heavy (non-hydrogen) atoms. The molecule has 0 saturated heterocycles. The van der Waals surface area contributed by atoms with E-state index >= 15 is 0 Å². The molecule has 0 spiro atoms. The van der Waals surface area contributed by atoms with Crippen molar-refractivity contribution in [2.45, 2.75) is 13.8 Å². The summed E-state index contributed by atoms with van der Waals surface area (Å²) in [6, 6.07) is 18.7. The fourth-order valence-electron chi connectivity index (χ4n) is 3.77. The molecule has 0 radical (unpaired) electrons. The minimum Gasteiger partial charge on any atom is -0.354 e. The van der Waals surface area contributed by atoms with Gasteiger partial charge in [0, 0.05) is 37.2 Å². The third-order valence-electron chi connectivity index (χ3n) is 5.27. The maximum Gasteiger partial charge on any atom is 0.203 e. The van der Waals surface area contributed by atoms with Crippen LogP contribution >= 0.6 is 27.3 Å². The smallest absolute Gasteiger partial charge is 0.203 e. The van der Waals surface area contributed by atoms with Crippen LogP contribution in [-0.4, -0.2) is 16.2 Å². The molecule has 2 N–H and O–H groups in total. The number of nitrogens with one attached hydrogen (secondary N) is 2. The van der Waals surface area contributed by atoms with Crippen molar-refractivity contribution in [1.29, 1.82) is 0 Å². The fraction of sp³-hybridized carbons (Fsp3) is 0.0833. The molecule has 6 heteroatoms. The lowest BCUT2D eigenvalue weighted by atomic mass is 9.99. The SMILES string of the molecule is Cc1cc(C=NNc2nc(-c3ccccc3)cs2)c(C)c2c1[nH]c1ccc(Br)cc12. The maximum absolute atomic E-state index is 4.63. The lowest BCUT2D eigenvalue weighted by Gasteiger charge is -2.06. The fourth-order valence-corrected chi connectivity index (χ4v) is 4.79. The number of halogens is 1. The first kappa shape index (κ1) is 19.0. The Morgan fingerprint density at radius 2 is 1.93 bits per heavy atom. The zero-order valence-corrected chi connectivity index (χ0v) is 18.9. The van der Waals surface area contributed by atoms with Crippen LogP contribution in [-0.2, 0) is 0 Å². The summed E-state index contributed by atoms with van der Waals surface area (Å²) in [6.45, 7) is 4.28. The number of aryl methyl sites for hydroxylation is 2. The van der Waals surface area contributed by atoms with Crippen molar-refractivity contribution in [2.24, 2.45) is 5.10 Å². The van der Waals surface area contributed by atoms with Gasteiger partial charge in [-0.2, -0.15) is 5.10 Å². The Kier molecular flexibility index (Phi) is 4.89. The molecule has 5 rings (SSSR count). The summed E-state index contributed by atoms with van der Waals surface area (Å²) in [5.41, 5.74) is 11.0. The molecule has 2 heterocycles. The first-order valence-electron chi connectivity index (χ1n) is 9.61. The van der Waals surface area contributed by atoms with Gasteiger partial charge in [0.25, 0.3) is 0 Å². The van der Waals surface area contributed by atoms with Crippen molar-refractivity contribution in [3.05, 3.63) is 81.1 Å². The number of hydrogen-bond donors (Lipinski definition) is 2. The predicted molar refractivity (Wildman–Crippen MR) is 132 cm³/mol. The van der Waals surface area contributed by atoms with E-state index in [-0.39, 0.29) is 0 Å². The van der Waals surface area contributed by atoms with Gasteiger partial charge in [0.1, 0.15) is 0 Å². The first-order valence-corrected chi connectivity index (χ1v) is 11.3. The van der Waals surface area contributed by atoms with Crippen LogP contribution in [0.2, 0.25) is 0 Å². The van der Waals surface area contributed by atoms with Crippen molar-refractivity contribution in [3.8, 4) is 11.3 Å². The van der Waals surface area contributed by atoms with Gasteiger partial charge in [-0.15, -0.1) is 11.3 Å². The molecule has 0 aliphatic carbocycles. The van der Waals surface area contributed by atoms with E-state index in [0.717, 1.165) is 31.9 Å². The summed E-state index contributed by atoms with van der Waals surface area (Å²) < 4.78 is 1.08. The third-order valence-corrected chi connectivity index (χ3v) is 6.51.